The third-order valence-corrected chi connectivity index (χ3v) is 3.72. The maximum absolute atomic E-state index is 5.85. The second-order valence-corrected chi connectivity index (χ2v) is 4.88. The van der Waals surface area contributed by atoms with Crippen LogP contribution in [-0.4, -0.2) is 44.4 Å². The molecule has 1 unspecified atom stereocenters. The first-order valence-corrected chi connectivity index (χ1v) is 6.80. The van der Waals surface area contributed by atoms with Gasteiger partial charge in [0.15, 0.2) is 0 Å². The van der Waals surface area contributed by atoms with Crippen molar-refractivity contribution in [1.29, 1.82) is 0 Å². The first-order valence-electron chi connectivity index (χ1n) is 6.80. The van der Waals surface area contributed by atoms with E-state index in [2.05, 4.69) is 16.0 Å². The molecule has 5 heteroatoms. The lowest BCUT2D eigenvalue weighted by Gasteiger charge is -2.36. The number of nitrogens with zero attached hydrogens (tertiary/aromatic N) is 2. The topological polar surface area (TPSA) is 60.6 Å². The van der Waals surface area contributed by atoms with Crippen LogP contribution >= 0.6 is 0 Å². The average Bonchev–Trinajstić information content (AvgIpc) is 2.53. The molecule has 2 heterocycles. The van der Waals surface area contributed by atoms with Gasteiger partial charge in [-0.3, -0.25) is 0 Å². The van der Waals surface area contributed by atoms with Gasteiger partial charge in [0.05, 0.1) is 26.4 Å². The highest BCUT2D eigenvalue weighted by Crippen LogP contribution is 2.29. The minimum atomic E-state index is 0.184. The Labute approximate surface area is 118 Å². The van der Waals surface area contributed by atoms with Crippen molar-refractivity contribution in [2.45, 2.75) is 6.04 Å². The number of benzene rings is 1. The fourth-order valence-corrected chi connectivity index (χ4v) is 2.62. The van der Waals surface area contributed by atoms with Crippen molar-refractivity contribution in [1.82, 2.24) is 4.98 Å². The van der Waals surface area contributed by atoms with Crippen LogP contribution in [-0.2, 0) is 4.74 Å². The summed E-state index contributed by atoms with van der Waals surface area (Å²) in [6.45, 7) is 2.75. The minimum absolute atomic E-state index is 0.184. The molecule has 1 aliphatic heterocycles. The molecule has 20 heavy (non-hydrogen) atoms. The monoisotopic (exact) mass is 273 g/mol. The maximum atomic E-state index is 5.85. The number of morpholine rings is 1. The van der Waals surface area contributed by atoms with Crippen LogP contribution in [0, 0.1) is 0 Å². The molecule has 1 fully saturated rings. The number of anilines is 1. The molecule has 0 bridgehead atoms. The number of ether oxygens (including phenoxy) is 2. The van der Waals surface area contributed by atoms with Crippen LogP contribution in [0.3, 0.4) is 0 Å². The molecule has 3 rings (SSSR count). The number of hydrogen-bond acceptors (Lipinski definition) is 5. The predicted octanol–water partition coefficient (Wildman–Crippen LogP) is 1.41. The molecule has 2 N–H and O–H groups in total. The first-order chi connectivity index (χ1) is 9.83. The first kappa shape index (κ1) is 13.1. The molecule has 1 saturated heterocycles. The van der Waals surface area contributed by atoms with Crippen molar-refractivity contribution in [3.63, 3.8) is 0 Å². The summed E-state index contributed by atoms with van der Waals surface area (Å²) >= 11 is 0. The van der Waals surface area contributed by atoms with Crippen molar-refractivity contribution >= 4 is 16.6 Å². The van der Waals surface area contributed by atoms with Crippen molar-refractivity contribution in [2.75, 3.05) is 38.3 Å². The molecule has 5 nitrogen and oxygen atoms in total. The lowest BCUT2D eigenvalue weighted by atomic mass is 10.1. The van der Waals surface area contributed by atoms with Crippen molar-refractivity contribution in [3.05, 3.63) is 30.5 Å². The zero-order chi connectivity index (χ0) is 13.9. The van der Waals surface area contributed by atoms with E-state index in [0.29, 0.717) is 19.8 Å². The number of nitrogens with two attached hydrogens (primary N) is 1. The van der Waals surface area contributed by atoms with Crippen molar-refractivity contribution < 1.29 is 9.47 Å². The Bertz CT molecular complexity index is 603. The summed E-state index contributed by atoms with van der Waals surface area (Å²) in [7, 11) is 1.68. The fourth-order valence-electron chi connectivity index (χ4n) is 2.62. The van der Waals surface area contributed by atoms with E-state index in [1.54, 1.807) is 7.11 Å². The van der Waals surface area contributed by atoms with Crippen LogP contribution in [0.5, 0.6) is 5.75 Å². The summed E-state index contributed by atoms with van der Waals surface area (Å²) < 4.78 is 10.8. The third-order valence-electron chi connectivity index (χ3n) is 3.72. The maximum Gasteiger partial charge on any atom is 0.136 e. The van der Waals surface area contributed by atoms with E-state index in [0.717, 1.165) is 28.9 Å². The third kappa shape index (κ3) is 2.30. The molecule has 0 amide bonds. The van der Waals surface area contributed by atoms with Crippen LogP contribution in [0.1, 0.15) is 0 Å². The van der Waals surface area contributed by atoms with Gasteiger partial charge in [-0.2, -0.15) is 0 Å². The largest absolute Gasteiger partial charge is 0.497 e. The van der Waals surface area contributed by atoms with Gasteiger partial charge in [-0.15, -0.1) is 0 Å². The molecular weight excluding hydrogens is 254 g/mol. The Morgan fingerprint density at radius 1 is 1.45 bits per heavy atom. The number of aromatic nitrogens is 1. The van der Waals surface area contributed by atoms with Gasteiger partial charge in [0.1, 0.15) is 11.6 Å². The van der Waals surface area contributed by atoms with Crippen LogP contribution in [0.25, 0.3) is 10.8 Å². The van der Waals surface area contributed by atoms with Gasteiger partial charge in [-0.25, -0.2) is 4.98 Å². The molecule has 1 aliphatic rings. The van der Waals surface area contributed by atoms with Crippen LogP contribution in [0.2, 0.25) is 0 Å². The second kappa shape index (κ2) is 5.64. The molecule has 1 atom stereocenters. The van der Waals surface area contributed by atoms with Gasteiger partial charge >= 0.3 is 0 Å². The highest BCUT2D eigenvalue weighted by molar-refractivity contribution is 5.93. The molecule has 0 radical (unpaired) electrons. The lowest BCUT2D eigenvalue weighted by Crippen LogP contribution is -2.49. The molecule has 0 saturated carbocycles. The molecular formula is C15H19N3O2. The minimum Gasteiger partial charge on any atom is -0.497 e. The zero-order valence-corrected chi connectivity index (χ0v) is 11.6. The summed E-state index contributed by atoms with van der Waals surface area (Å²) in [4.78, 5) is 6.81. The predicted molar refractivity (Wildman–Crippen MR) is 79.3 cm³/mol. The molecule has 0 aliphatic carbocycles. The highest BCUT2D eigenvalue weighted by atomic mass is 16.5. The van der Waals surface area contributed by atoms with Crippen LogP contribution in [0.4, 0.5) is 5.82 Å². The Morgan fingerprint density at radius 2 is 2.35 bits per heavy atom. The summed E-state index contributed by atoms with van der Waals surface area (Å²) in [6, 6.07) is 8.23. The van der Waals surface area contributed by atoms with E-state index in [-0.39, 0.29) is 6.04 Å². The number of methoxy groups -OCH3 is 1. The quantitative estimate of drug-likeness (QED) is 0.916. The molecule has 2 aromatic rings. The van der Waals surface area contributed by atoms with Crippen LogP contribution in [0.15, 0.2) is 30.5 Å². The zero-order valence-electron chi connectivity index (χ0n) is 11.6. The Kier molecular flexibility index (Phi) is 3.71. The fraction of sp³-hybridized carbons (Fsp3) is 0.400. The lowest BCUT2D eigenvalue weighted by molar-refractivity contribution is 0.0960. The normalized spacial score (nSPS) is 19.3. The van der Waals surface area contributed by atoms with Crippen LogP contribution < -0.4 is 15.4 Å². The van der Waals surface area contributed by atoms with Crippen molar-refractivity contribution in [2.24, 2.45) is 5.73 Å². The van der Waals surface area contributed by atoms with E-state index < -0.39 is 0 Å². The molecule has 106 valence electrons. The van der Waals surface area contributed by atoms with Gasteiger partial charge in [-0.1, -0.05) is 0 Å². The molecule has 0 spiro atoms. The summed E-state index contributed by atoms with van der Waals surface area (Å²) in [5, 5.41) is 2.24. The smallest absolute Gasteiger partial charge is 0.136 e. The van der Waals surface area contributed by atoms with E-state index in [1.807, 2.05) is 24.4 Å². The van der Waals surface area contributed by atoms with E-state index in [4.69, 9.17) is 15.2 Å². The summed E-state index contributed by atoms with van der Waals surface area (Å²) in [5.41, 5.74) is 5.85. The second-order valence-electron chi connectivity index (χ2n) is 4.88. The summed E-state index contributed by atoms with van der Waals surface area (Å²) in [6.07, 6.45) is 1.83. The standard InChI is InChI=1S/C15H19N3O2/c1-19-13-2-3-14-11(8-13)4-5-17-15(14)18-6-7-20-10-12(18)9-16/h2-5,8,12H,6-7,9-10,16H2,1H3. The highest BCUT2D eigenvalue weighted by Gasteiger charge is 2.24. The van der Waals surface area contributed by atoms with Gasteiger partial charge < -0.3 is 20.1 Å². The number of pyridine rings is 1. The molecule has 1 aromatic heterocycles. The molecule has 1 aromatic carbocycles. The van der Waals surface area contributed by atoms with Crippen molar-refractivity contribution in [3.8, 4) is 5.75 Å². The average molecular weight is 273 g/mol. The van der Waals surface area contributed by atoms with Gasteiger partial charge in [0, 0.05) is 24.7 Å². The van der Waals surface area contributed by atoms with E-state index in [1.165, 1.54) is 0 Å². The Balaban J connectivity index is 2.06. The SMILES string of the molecule is COc1ccc2c(N3CCOCC3CN)nccc2c1. The van der Waals surface area contributed by atoms with E-state index >= 15 is 0 Å². The number of fused-ring (bicyclic) bond motifs is 1. The van der Waals surface area contributed by atoms with Gasteiger partial charge in [-0.05, 0) is 29.7 Å². The number of rotatable bonds is 3. The Morgan fingerprint density at radius 3 is 3.15 bits per heavy atom. The van der Waals surface area contributed by atoms with Gasteiger partial charge in [0.2, 0.25) is 0 Å². The van der Waals surface area contributed by atoms with Gasteiger partial charge in [0.25, 0.3) is 0 Å². The van der Waals surface area contributed by atoms with E-state index in [9.17, 15) is 0 Å². The number of hydrogen-bond donors (Lipinski definition) is 1. The summed E-state index contributed by atoms with van der Waals surface area (Å²) in [5.74, 6) is 1.83. The Hall–Kier alpha value is -1.85.